The van der Waals surface area contributed by atoms with Gasteiger partial charge in [0.05, 0.1) is 6.10 Å². The van der Waals surface area contributed by atoms with Gasteiger partial charge in [0, 0.05) is 15.9 Å². The number of aliphatic hydroxyl groups excluding tert-OH is 1. The number of aliphatic hydroxyl groups is 1. The van der Waals surface area contributed by atoms with Crippen molar-refractivity contribution in [1.29, 1.82) is 0 Å². The Hall–Kier alpha value is -1.23. The zero-order chi connectivity index (χ0) is 14.8. The van der Waals surface area contributed by atoms with Gasteiger partial charge < -0.3 is 14.6 Å². The van der Waals surface area contributed by atoms with E-state index in [2.05, 4.69) is 15.9 Å². The minimum atomic E-state index is -0.639. The Kier molecular flexibility index (Phi) is 4.38. The van der Waals surface area contributed by atoms with E-state index in [1.165, 1.54) is 0 Å². The topological polar surface area (TPSA) is 38.7 Å². The van der Waals surface area contributed by atoms with E-state index in [1.807, 2.05) is 36.4 Å². The number of rotatable bonds is 3. The molecule has 1 heterocycles. The molecule has 5 heteroatoms. The first-order chi connectivity index (χ1) is 10.1. The van der Waals surface area contributed by atoms with E-state index in [9.17, 15) is 5.11 Å². The second-order valence-corrected chi connectivity index (χ2v) is 6.18. The average molecular weight is 370 g/mol. The second-order valence-electron chi connectivity index (χ2n) is 4.86. The molecular formula is C16H14BrClO3. The summed E-state index contributed by atoms with van der Waals surface area (Å²) >= 11 is 9.56. The molecule has 0 amide bonds. The fourth-order valence-corrected chi connectivity index (χ4v) is 3.03. The number of ether oxygens (including phenoxy) is 2. The molecule has 2 aromatic rings. The van der Waals surface area contributed by atoms with Crippen LogP contribution in [-0.4, -0.2) is 18.3 Å². The maximum atomic E-state index is 10.4. The number of hydrogen-bond donors (Lipinski definition) is 1. The van der Waals surface area contributed by atoms with Gasteiger partial charge in [0.25, 0.3) is 0 Å². The quantitative estimate of drug-likeness (QED) is 0.883. The minimum absolute atomic E-state index is 0.450. The van der Waals surface area contributed by atoms with E-state index < -0.39 is 6.10 Å². The Morgan fingerprint density at radius 1 is 1.10 bits per heavy atom. The molecule has 0 radical (unpaired) electrons. The molecule has 1 aliphatic heterocycles. The Morgan fingerprint density at radius 3 is 2.62 bits per heavy atom. The highest BCUT2D eigenvalue weighted by molar-refractivity contribution is 9.10. The van der Waals surface area contributed by atoms with Crippen LogP contribution in [0.4, 0.5) is 0 Å². The molecule has 2 aromatic carbocycles. The van der Waals surface area contributed by atoms with Crippen LogP contribution in [0.2, 0.25) is 5.02 Å². The number of hydrogen-bond acceptors (Lipinski definition) is 3. The van der Waals surface area contributed by atoms with E-state index in [0.29, 0.717) is 30.4 Å². The normalized spacial score (nSPS) is 14.8. The monoisotopic (exact) mass is 368 g/mol. The molecule has 0 fully saturated rings. The molecular weight excluding hydrogens is 356 g/mol. The minimum Gasteiger partial charge on any atom is -0.486 e. The molecule has 0 spiro atoms. The van der Waals surface area contributed by atoms with Crippen molar-refractivity contribution in [2.24, 2.45) is 0 Å². The van der Waals surface area contributed by atoms with Crippen LogP contribution in [0.25, 0.3) is 0 Å². The largest absolute Gasteiger partial charge is 0.486 e. The van der Waals surface area contributed by atoms with Gasteiger partial charge in [0.1, 0.15) is 13.2 Å². The Labute approximate surface area is 136 Å². The first kappa shape index (κ1) is 14.7. The summed E-state index contributed by atoms with van der Waals surface area (Å²) in [7, 11) is 0. The molecule has 1 unspecified atom stereocenters. The molecule has 1 aliphatic rings. The highest BCUT2D eigenvalue weighted by Crippen LogP contribution is 2.34. The average Bonchev–Trinajstić information content (AvgIpc) is 2.49. The van der Waals surface area contributed by atoms with Crippen molar-refractivity contribution in [3.8, 4) is 11.5 Å². The molecule has 0 saturated carbocycles. The number of benzene rings is 2. The molecule has 110 valence electrons. The lowest BCUT2D eigenvalue weighted by Gasteiger charge is -2.20. The maximum Gasteiger partial charge on any atom is 0.161 e. The summed E-state index contributed by atoms with van der Waals surface area (Å²) in [5.74, 6) is 1.40. The second kappa shape index (κ2) is 6.26. The predicted molar refractivity (Wildman–Crippen MR) is 85.2 cm³/mol. The van der Waals surface area contributed by atoms with E-state index >= 15 is 0 Å². The van der Waals surface area contributed by atoms with E-state index in [1.54, 1.807) is 0 Å². The van der Waals surface area contributed by atoms with E-state index in [0.717, 1.165) is 21.3 Å². The molecule has 0 bridgehead atoms. The summed E-state index contributed by atoms with van der Waals surface area (Å²) in [4.78, 5) is 0. The van der Waals surface area contributed by atoms with Gasteiger partial charge in [0.15, 0.2) is 11.5 Å². The van der Waals surface area contributed by atoms with Gasteiger partial charge in [-0.15, -0.1) is 0 Å². The Bertz CT molecular complexity index is 660. The van der Waals surface area contributed by atoms with Crippen molar-refractivity contribution >= 4 is 27.5 Å². The van der Waals surface area contributed by atoms with Crippen molar-refractivity contribution in [2.45, 2.75) is 12.5 Å². The summed E-state index contributed by atoms with van der Waals surface area (Å²) in [6, 6.07) is 11.2. The first-order valence-electron chi connectivity index (χ1n) is 6.65. The summed E-state index contributed by atoms with van der Waals surface area (Å²) in [6.07, 6.45) is -0.189. The van der Waals surface area contributed by atoms with Crippen LogP contribution < -0.4 is 9.47 Å². The standard InChI is InChI=1S/C16H14BrClO3/c17-12-3-1-10(13(18)9-12)7-14(19)11-2-4-15-16(8-11)21-6-5-20-15/h1-4,8-9,14,19H,5-7H2. The van der Waals surface area contributed by atoms with Crippen LogP contribution in [0.15, 0.2) is 40.9 Å². The highest BCUT2D eigenvalue weighted by atomic mass is 79.9. The first-order valence-corrected chi connectivity index (χ1v) is 7.82. The third-order valence-electron chi connectivity index (χ3n) is 3.38. The van der Waals surface area contributed by atoms with Crippen molar-refractivity contribution < 1.29 is 14.6 Å². The highest BCUT2D eigenvalue weighted by Gasteiger charge is 2.16. The summed E-state index contributed by atoms with van der Waals surface area (Å²) in [5.41, 5.74) is 1.69. The lowest BCUT2D eigenvalue weighted by molar-refractivity contribution is 0.164. The van der Waals surface area contributed by atoms with Gasteiger partial charge in [-0.2, -0.15) is 0 Å². The van der Waals surface area contributed by atoms with Crippen molar-refractivity contribution in [3.05, 3.63) is 57.0 Å². The van der Waals surface area contributed by atoms with E-state index in [-0.39, 0.29) is 0 Å². The molecule has 3 rings (SSSR count). The van der Waals surface area contributed by atoms with Gasteiger partial charge >= 0.3 is 0 Å². The molecule has 21 heavy (non-hydrogen) atoms. The SMILES string of the molecule is OC(Cc1ccc(Br)cc1Cl)c1ccc2c(c1)OCCO2. The zero-order valence-corrected chi connectivity index (χ0v) is 13.5. The van der Waals surface area contributed by atoms with E-state index in [4.69, 9.17) is 21.1 Å². The van der Waals surface area contributed by atoms with Crippen LogP contribution in [0.1, 0.15) is 17.2 Å². The van der Waals surface area contributed by atoms with Crippen molar-refractivity contribution in [2.75, 3.05) is 13.2 Å². The van der Waals surface area contributed by atoms with Gasteiger partial charge in [-0.25, -0.2) is 0 Å². The molecule has 3 nitrogen and oxygen atoms in total. The van der Waals surface area contributed by atoms with Gasteiger partial charge in [0.2, 0.25) is 0 Å². The smallest absolute Gasteiger partial charge is 0.161 e. The third-order valence-corrected chi connectivity index (χ3v) is 4.22. The molecule has 0 aromatic heterocycles. The fraction of sp³-hybridized carbons (Fsp3) is 0.250. The summed E-state index contributed by atoms with van der Waals surface area (Å²) in [6.45, 7) is 1.09. The lowest BCUT2D eigenvalue weighted by atomic mass is 10.0. The van der Waals surface area contributed by atoms with Crippen molar-refractivity contribution in [1.82, 2.24) is 0 Å². The van der Waals surface area contributed by atoms with Crippen LogP contribution >= 0.6 is 27.5 Å². The molecule has 0 aliphatic carbocycles. The van der Waals surface area contributed by atoms with Crippen molar-refractivity contribution in [3.63, 3.8) is 0 Å². The molecule has 1 N–H and O–H groups in total. The Balaban J connectivity index is 1.80. The molecule has 0 saturated heterocycles. The van der Waals surface area contributed by atoms with Crippen LogP contribution in [0.5, 0.6) is 11.5 Å². The maximum absolute atomic E-state index is 10.4. The summed E-state index contributed by atoms with van der Waals surface area (Å²) < 4.78 is 11.9. The Morgan fingerprint density at radius 2 is 1.86 bits per heavy atom. The zero-order valence-electron chi connectivity index (χ0n) is 11.2. The van der Waals surface area contributed by atoms with Gasteiger partial charge in [-0.1, -0.05) is 39.7 Å². The number of halogens is 2. The van der Waals surface area contributed by atoms with Gasteiger partial charge in [-0.05, 0) is 35.4 Å². The predicted octanol–water partition coefficient (Wildman–Crippen LogP) is 4.15. The van der Waals surface area contributed by atoms with Crippen LogP contribution in [0.3, 0.4) is 0 Å². The van der Waals surface area contributed by atoms with Gasteiger partial charge in [-0.3, -0.25) is 0 Å². The molecule has 1 atom stereocenters. The third kappa shape index (κ3) is 3.34. The fourth-order valence-electron chi connectivity index (χ4n) is 2.28. The van der Waals surface area contributed by atoms with Crippen LogP contribution in [-0.2, 0) is 6.42 Å². The number of fused-ring (bicyclic) bond motifs is 1. The summed E-state index contributed by atoms with van der Waals surface area (Å²) in [5, 5.41) is 11.0. The lowest BCUT2D eigenvalue weighted by Crippen LogP contribution is -2.15. The van der Waals surface area contributed by atoms with Crippen LogP contribution in [0, 0.1) is 0 Å².